The Bertz CT molecular complexity index is 653. The summed E-state index contributed by atoms with van der Waals surface area (Å²) in [6.45, 7) is 8.00. The largest absolute Gasteiger partial charge is 0.463 e. The SMILES string of the molecule is CCOC(OCC)c1cn(C2CCNCC2)nn1.O=COCc1ccccc1. The first-order valence-corrected chi connectivity index (χ1v) is 9.73. The maximum Gasteiger partial charge on any atom is 0.293 e. The quantitative estimate of drug-likeness (QED) is 0.520. The fraction of sp³-hybridized carbons (Fsp3) is 0.550. The normalized spacial score (nSPS) is 14.4. The van der Waals surface area contributed by atoms with Crippen molar-refractivity contribution in [3.8, 4) is 0 Å². The van der Waals surface area contributed by atoms with Crippen molar-refractivity contribution in [3.05, 3.63) is 47.8 Å². The minimum atomic E-state index is -0.393. The molecule has 2 heterocycles. The monoisotopic (exact) mass is 390 g/mol. The van der Waals surface area contributed by atoms with E-state index in [0.717, 1.165) is 37.2 Å². The number of carbonyl (C=O) groups excluding carboxylic acids is 1. The molecule has 3 rings (SSSR count). The van der Waals surface area contributed by atoms with Gasteiger partial charge in [0.2, 0.25) is 6.29 Å². The lowest BCUT2D eigenvalue weighted by molar-refractivity contribution is -0.142. The van der Waals surface area contributed by atoms with Crippen LogP contribution in [0.15, 0.2) is 36.5 Å². The summed E-state index contributed by atoms with van der Waals surface area (Å²) in [7, 11) is 0. The van der Waals surface area contributed by atoms with E-state index in [-0.39, 0.29) is 0 Å². The van der Waals surface area contributed by atoms with Gasteiger partial charge in [0.25, 0.3) is 6.47 Å². The molecule has 0 amide bonds. The van der Waals surface area contributed by atoms with Gasteiger partial charge in [0.15, 0.2) is 0 Å². The van der Waals surface area contributed by atoms with E-state index in [4.69, 9.17) is 9.47 Å². The van der Waals surface area contributed by atoms with Gasteiger partial charge in [-0.2, -0.15) is 0 Å². The number of hydrogen-bond acceptors (Lipinski definition) is 7. The van der Waals surface area contributed by atoms with Crippen molar-refractivity contribution in [1.29, 1.82) is 0 Å². The fourth-order valence-electron chi connectivity index (χ4n) is 2.87. The molecule has 154 valence electrons. The maximum atomic E-state index is 9.76. The number of rotatable bonds is 9. The Labute approximate surface area is 166 Å². The van der Waals surface area contributed by atoms with E-state index in [0.29, 0.717) is 32.3 Å². The summed E-state index contributed by atoms with van der Waals surface area (Å²) in [6.07, 6.45) is 3.75. The molecule has 1 N–H and O–H groups in total. The Morgan fingerprint density at radius 2 is 1.86 bits per heavy atom. The number of ether oxygens (including phenoxy) is 3. The number of nitrogens with zero attached hydrogens (tertiary/aromatic N) is 3. The number of benzene rings is 1. The summed E-state index contributed by atoms with van der Waals surface area (Å²) < 4.78 is 17.5. The van der Waals surface area contributed by atoms with Gasteiger partial charge in [-0.15, -0.1) is 5.10 Å². The Morgan fingerprint density at radius 1 is 1.18 bits per heavy atom. The highest BCUT2D eigenvalue weighted by atomic mass is 16.7. The molecule has 0 radical (unpaired) electrons. The third kappa shape index (κ3) is 7.38. The topological polar surface area (TPSA) is 87.5 Å². The number of nitrogens with one attached hydrogen (secondary N) is 1. The van der Waals surface area contributed by atoms with Gasteiger partial charge in [-0.3, -0.25) is 4.79 Å². The van der Waals surface area contributed by atoms with Gasteiger partial charge in [-0.05, 0) is 45.3 Å². The van der Waals surface area contributed by atoms with Gasteiger partial charge in [0, 0.05) is 13.2 Å². The summed E-state index contributed by atoms with van der Waals surface area (Å²) in [5.74, 6) is 0. The lowest BCUT2D eigenvalue weighted by Crippen LogP contribution is -2.29. The van der Waals surface area contributed by atoms with Gasteiger partial charge >= 0.3 is 0 Å². The van der Waals surface area contributed by atoms with Crippen LogP contribution in [0.2, 0.25) is 0 Å². The maximum absolute atomic E-state index is 9.76. The Balaban J connectivity index is 0.000000237. The highest BCUT2D eigenvalue weighted by molar-refractivity contribution is 5.37. The molecule has 0 atom stereocenters. The molecule has 28 heavy (non-hydrogen) atoms. The molecule has 0 spiro atoms. The number of carbonyl (C=O) groups is 1. The summed E-state index contributed by atoms with van der Waals surface area (Å²) in [4.78, 5) is 9.76. The van der Waals surface area contributed by atoms with Crippen LogP contribution in [0.25, 0.3) is 0 Å². The van der Waals surface area contributed by atoms with Crippen molar-refractivity contribution >= 4 is 6.47 Å². The van der Waals surface area contributed by atoms with E-state index in [2.05, 4.69) is 20.4 Å². The molecule has 1 aliphatic rings. The summed E-state index contributed by atoms with van der Waals surface area (Å²) in [5.41, 5.74) is 1.77. The molecule has 1 saturated heterocycles. The van der Waals surface area contributed by atoms with E-state index in [1.165, 1.54) is 0 Å². The van der Waals surface area contributed by atoms with Crippen LogP contribution in [0, 0.1) is 0 Å². The molecular weight excluding hydrogens is 360 g/mol. The molecule has 0 saturated carbocycles. The standard InChI is InChI=1S/C12H22N4O2.C8H8O2/c1-3-17-12(18-4-2)11-9-16(15-14-11)10-5-7-13-8-6-10;9-7-10-6-8-4-2-1-3-5-8/h9-10,12-13H,3-8H2,1-2H3;1-5,7H,6H2. The first kappa shape index (κ1) is 22.0. The van der Waals surface area contributed by atoms with Gasteiger partial charge < -0.3 is 19.5 Å². The zero-order chi connectivity index (χ0) is 20.0. The molecule has 8 nitrogen and oxygen atoms in total. The van der Waals surface area contributed by atoms with Gasteiger partial charge in [-0.25, -0.2) is 4.68 Å². The second-order valence-corrected chi connectivity index (χ2v) is 6.24. The van der Waals surface area contributed by atoms with Crippen molar-refractivity contribution in [3.63, 3.8) is 0 Å². The van der Waals surface area contributed by atoms with Crippen LogP contribution in [-0.4, -0.2) is 47.8 Å². The Morgan fingerprint density at radius 3 is 2.46 bits per heavy atom. The molecule has 0 bridgehead atoms. The summed E-state index contributed by atoms with van der Waals surface area (Å²) in [5, 5.41) is 11.7. The van der Waals surface area contributed by atoms with Crippen molar-refractivity contribution in [2.24, 2.45) is 0 Å². The van der Waals surface area contributed by atoms with E-state index in [1.54, 1.807) is 0 Å². The molecule has 8 heteroatoms. The van der Waals surface area contributed by atoms with Crippen molar-refractivity contribution in [2.45, 2.75) is 45.6 Å². The summed E-state index contributed by atoms with van der Waals surface area (Å²) >= 11 is 0. The van der Waals surface area contributed by atoms with Crippen molar-refractivity contribution < 1.29 is 19.0 Å². The Kier molecular flexibility index (Phi) is 10.2. The van der Waals surface area contributed by atoms with Crippen LogP contribution in [0.3, 0.4) is 0 Å². The lowest BCUT2D eigenvalue weighted by Gasteiger charge is -2.22. The zero-order valence-corrected chi connectivity index (χ0v) is 16.6. The first-order chi connectivity index (χ1) is 13.8. The number of piperidine rings is 1. The number of aromatic nitrogens is 3. The van der Waals surface area contributed by atoms with Crippen LogP contribution in [0.5, 0.6) is 0 Å². The predicted molar refractivity (Wildman–Crippen MR) is 104 cm³/mol. The van der Waals surface area contributed by atoms with Crippen molar-refractivity contribution in [2.75, 3.05) is 26.3 Å². The van der Waals surface area contributed by atoms with E-state index >= 15 is 0 Å². The average molecular weight is 390 g/mol. The first-order valence-electron chi connectivity index (χ1n) is 9.73. The van der Waals surface area contributed by atoms with Crippen LogP contribution < -0.4 is 5.32 Å². The Hall–Kier alpha value is -2.29. The highest BCUT2D eigenvalue weighted by Crippen LogP contribution is 2.21. The van der Waals surface area contributed by atoms with E-state index < -0.39 is 6.29 Å². The molecule has 2 aromatic rings. The smallest absolute Gasteiger partial charge is 0.293 e. The molecule has 1 fully saturated rings. The molecule has 0 unspecified atom stereocenters. The lowest BCUT2D eigenvalue weighted by atomic mass is 10.1. The molecule has 1 aromatic heterocycles. The van der Waals surface area contributed by atoms with Crippen LogP contribution in [0.4, 0.5) is 0 Å². The third-order valence-electron chi connectivity index (χ3n) is 4.25. The second-order valence-electron chi connectivity index (χ2n) is 6.24. The zero-order valence-electron chi connectivity index (χ0n) is 16.6. The minimum absolute atomic E-state index is 0.365. The van der Waals surface area contributed by atoms with Gasteiger partial charge in [0.05, 0.1) is 12.2 Å². The molecular formula is C20H30N4O4. The van der Waals surface area contributed by atoms with Crippen LogP contribution in [-0.2, 0) is 25.6 Å². The van der Waals surface area contributed by atoms with Crippen LogP contribution >= 0.6 is 0 Å². The van der Waals surface area contributed by atoms with Crippen LogP contribution in [0.1, 0.15) is 50.3 Å². The summed E-state index contributed by atoms with van der Waals surface area (Å²) in [6, 6.07) is 9.99. The minimum Gasteiger partial charge on any atom is -0.463 e. The van der Waals surface area contributed by atoms with Gasteiger partial charge in [-0.1, -0.05) is 35.5 Å². The highest BCUT2D eigenvalue weighted by Gasteiger charge is 2.20. The molecule has 0 aliphatic carbocycles. The third-order valence-corrected chi connectivity index (χ3v) is 4.25. The fourth-order valence-corrected chi connectivity index (χ4v) is 2.87. The van der Waals surface area contributed by atoms with E-state index in [9.17, 15) is 4.79 Å². The predicted octanol–water partition coefficient (Wildman–Crippen LogP) is 2.63. The second kappa shape index (κ2) is 13.0. The average Bonchev–Trinajstić information content (AvgIpc) is 3.24. The van der Waals surface area contributed by atoms with Gasteiger partial charge in [0.1, 0.15) is 12.3 Å². The molecule has 1 aliphatic heterocycles. The number of hydrogen-bond donors (Lipinski definition) is 1. The van der Waals surface area contributed by atoms with E-state index in [1.807, 2.05) is 55.1 Å². The van der Waals surface area contributed by atoms with Crippen molar-refractivity contribution in [1.82, 2.24) is 20.3 Å². The molecule has 1 aromatic carbocycles.